The topological polar surface area (TPSA) is 51.2 Å². The molecule has 1 aromatic rings. The Morgan fingerprint density at radius 2 is 1.92 bits per heavy atom. The van der Waals surface area contributed by atoms with Crippen LogP contribution in [0.25, 0.3) is 0 Å². The van der Waals surface area contributed by atoms with Gasteiger partial charge < -0.3 is 19.3 Å². The van der Waals surface area contributed by atoms with Crippen LogP contribution >= 0.6 is 0 Å². The van der Waals surface area contributed by atoms with Crippen molar-refractivity contribution in [3.05, 3.63) is 29.8 Å². The largest absolute Gasteiger partial charge is 0.508 e. The zero-order valence-electron chi connectivity index (χ0n) is 14.2. The molecule has 132 valence electrons. The number of phenolic OH excluding ortho intramolecular Hbond substituents is 1. The monoisotopic (exact) mass is 333 g/mol. The molecular formula is C19H27NO4. The van der Waals surface area contributed by atoms with E-state index in [0.29, 0.717) is 11.7 Å². The molecule has 3 fully saturated rings. The molecule has 0 unspecified atom stereocenters. The molecule has 5 heteroatoms. The van der Waals surface area contributed by atoms with Crippen LogP contribution < -0.4 is 0 Å². The number of benzene rings is 1. The van der Waals surface area contributed by atoms with Crippen LogP contribution in [0.2, 0.25) is 0 Å². The zero-order valence-corrected chi connectivity index (χ0v) is 14.2. The number of aromatic hydroxyl groups is 1. The fourth-order valence-electron chi connectivity index (χ4n) is 4.25. The van der Waals surface area contributed by atoms with E-state index in [0.717, 1.165) is 57.9 Å². The van der Waals surface area contributed by atoms with Crippen LogP contribution in [0.3, 0.4) is 0 Å². The maximum Gasteiger partial charge on any atom is 0.168 e. The summed E-state index contributed by atoms with van der Waals surface area (Å²) in [7, 11) is 0. The van der Waals surface area contributed by atoms with E-state index in [4.69, 9.17) is 14.2 Å². The van der Waals surface area contributed by atoms with Gasteiger partial charge in [0.2, 0.25) is 0 Å². The van der Waals surface area contributed by atoms with Crippen LogP contribution in [-0.4, -0.2) is 55.2 Å². The highest BCUT2D eigenvalue weighted by Crippen LogP contribution is 2.38. The Balaban J connectivity index is 1.31. The van der Waals surface area contributed by atoms with Crippen molar-refractivity contribution in [3.8, 4) is 5.75 Å². The van der Waals surface area contributed by atoms with Gasteiger partial charge in [0.05, 0.1) is 25.9 Å². The highest BCUT2D eigenvalue weighted by molar-refractivity contribution is 5.29. The van der Waals surface area contributed by atoms with Crippen LogP contribution in [0.15, 0.2) is 24.3 Å². The van der Waals surface area contributed by atoms with Gasteiger partial charge in [-0.2, -0.15) is 0 Å². The molecule has 2 heterocycles. The van der Waals surface area contributed by atoms with Crippen molar-refractivity contribution in [2.75, 3.05) is 39.5 Å². The molecule has 0 bridgehead atoms. The molecule has 1 aromatic carbocycles. The van der Waals surface area contributed by atoms with Gasteiger partial charge in [0, 0.05) is 32.5 Å². The van der Waals surface area contributed by atoms with Crippen molar-refractivity contribution in [2.24, 2.45) is 5.92 Å². The molecule has 0 radical (unpaired) electrons. The van der Waals surface area contributed by atoms with Crippen molar-refractivity contribution in [1.82, 2.24) is 4.90 Å². The normalized spacial score (nSPS) is 28.4. The van der Waals surface area contributed by atoms with Gasteiger partial charge in [-0.25, -0.2) is 0 Å². The van der Waals surface area contributed by atoms with Gasteiger partial charge in [-0.1, -0.05) is 12.1 Å². The van der Waals surface area contributed by atoms with Crippen LogP contribution in [0.4, 0.5) is 0 Å². The molecule has 1 atom stereocenters. The molecule has 1 saturated carbocycles. The molecule has 1 N–H and O–H groups in total. The quantitative estimate of drug-likeness (QED) is 0.922. The molecule has 3 aliphatic rings. The lowest BCUT2D eigenvalue weighted by Gasteiger charge is -2.39. The van der Waals surface area contributed by atoms with Crippen molar-refractivity contribution < 1.29 is 19.3 Å². The van der Waals surface area contributed by atoms with Crippen LogP contribution in [0.5, 0.6) is 5.75 Å². The molecule has 2 aliphatic heterocycles. The molecule has 0 aromatic heterocycles. The standard InChI is InChI=1S/C19H27NO4/c21-17-3-1-2-16(12-17)18-14-20(8-9-22-18)13-15-4-6-19(7-5-15)23-10-11-24-19/h1-3,12,15,18,21H,4-11,13-14H2/t18-/m0/s1. The van der Waals surface area contributed by atoms with Gasteiger partial charge in [-0.3, -0.25) is 4.90 Å². The van der Waals surface area contributed by atoms with E-state index in [-0.39, 0.29) is 11.9 Å². The van der Waals surface area contributed by atoms with Crippen LogP contribution in [-0.2, 0) is 14.2 Å². The molecule has 24 heavy (non-hydrogen) atoms. The summed E-state index contributed by atoms with van der Waals surface area (Å²) in [5, 5.41) is 9.68. The second kappa shape index (κ2) is 7.00. The van der Waals surface area contributed by atoms with E-state index in [2.05, 4.69) is 4.90 Å². The minimum absolute atomic E-state index is 0.0577. The SMILES string of the molecule is Oc1cccc([C@@H]2CN(CC3CCC4(CC3)OCCO4)CCO2)c1. The Hall–Kier alpha value is -1.14. The van der Waals surface area contributed by atoms with Gasteiger partial charge in [-0.15, -0.1) is 0 Å². The summed E-state index contributed by atoms with van der Waals surface area (Å²) < 4.78 is 17.6. The molecule has 1 aliphatic carbocycles. The fourth-order valence-corrected chi connectivity index (χ4v) is 4.25. The highest BCUT2D eigenvalue weighted by Gasteiger charge is 2.40. The van der Waals surface area contributed by atoms with Gasteiger partial charge in [0.1, 0.15) is 5.75 Å². The molecule has 5 nitrogen and oxygen atoms in total. The molecule has 4 rings (SSSR count). The second-order valence-electron chi connectivity index (χ2n) is 7.26. The van der Waals surface area contributed by atoms with E-state index < -0.39 is 0 Å². The number of rotatable bonds is 3. The Bertz CT molecular complexity index is 548. The van der Waals surface area contributed by atoms with Crippen LogP contribution in [0.1, 0.15) is 37.4 Å². The summed E-state index contributed by atoms with van der Waals surface area (Å²) in [6, 6.07) is 7.44. The minimum Gasteiger partial charge on any atom is -0.508 e. The Morgan fingerprint density at radius 3 is 2.67 bits per heavy atom. The van der Waals surface area contributed by atoms with Gasteiger partial charge >= 0.3 is 0 Å². The molecule has 0 amide bonds. The summed E-state index contributed by atoms with van der Waals surface area (Å²) in [5.74, 6) is 0.764. The Morgan fingerprint density at radius 1 is 1.12 bits per heavy atom. The van der Waals surface area contributed by atoms with E-state index in [1.54, 1.807) is 6.07 Å². The van der Waals surface area contributed by atoms with Crippen molar-refractivity contribution in [2.45, 2.75) is 37.6 Å². The lowest BCUT2D eigenvalue weighted by molar-refractivity contribution is -0.183. The second-order valence-corrected chi connectivity index (χ2v) is 7.26. The summed E-state index contributed by atoms with van der Waals surface area (Å²) in [6.07, 6.45) is 4.46. The van der Waals surface area contributed by atoms with E-state index >= 15 is 0 Å². The van der Waals surface area contributed by atoms with E-state index in [1.807, 2.05) is 18.2 Å². The van der Waals surface area contributed by atoms with E-state index in [9.17, 15) is 5.11 Å². The molecular weight excluding hydrogens is 306 g/mol. The summed E-state index contributed by atoms with van der Waals surface area (Å²) in [6.45, 7) is 5.26. The molecule has 2 saturated heterocycles. The van der Waals surface area contributed by atoms with Crippen molar-refractivity contribution in [1.29, 1.82) is 0 Å². The smallest absolute Gasteiger partial charge is 0.168 e. The first-order chi connectivity index (χ1) is 11.7. The number of hydrogen-bond donors (Lipinski definition) is 1. The maximum atomic E-state index is 9.68. The Kier molecular flexibility index (Phi) is 4.77. The van der Waals surface area contributed by atoms with Crippen molar-refractivity contribution >= 4 is 0 Å². The fraction of sp³-hybridized carbons (Fsp3) is 0.684. The number of morpholine rings is 1. The predicted octanol–water partition coefficient (Wildman–Crippen LogP) is 2.70. The minimum atomic E-state index is -0.258. The number of hydrogen-bond acceptors (Lipinski definition) is 5. The first-order valence-electron chi connectivity index (χ1n) is 9.13. The summed E-state index contributed by atoms with van der Waals surface area (Å²) in [4.78, 5) is 2.51. The lowest BCUT2D eigenvalue weighted by atomic mass is 9.84. The predicted molar refractivity (Wildman–Crippen MR) is 89.8 cm³/mol. The average Bonchev–Trinajstić information content (AvgIpc) is 3.06. The van der Waals surface area contributed by atoms with E-state index in [1.165, 1.54) is 12.8 Å². The van der Waals surface area contributed by atoms with Crippen molar-refractivity contribution in [3.63, 3.8) is 0 Å². The molecule has 1 spiro atoms. The Labute approximate surface area is 143 Å². The third kappa shape index (κ3) is 3.59. The number of nitrogens with zero attached hydrogens (tertiary/aromatic N) is 1. The highest BCUT2D eigenvalue weighted by atomic mass is 16.7. The number of ether oxygens (including phenoxy) is 3. The van der Waals surface area contributed by atoms with Gasteiger partial charge in [0.15, 0.2) is 5.79 Å². The van der Waals surface area contributed by atoms with Gasteiger partial charge in [0.25, 0.3) is 0 Å². The summed E-state index contributed by atoms with van der Waals surface area (Å²) >= 11 is 0. The first-order valence-corrected chi connectivity index (χ1v) is 9.13. The third-order valence-electron chi connectivity index (χ3n) is 5.59. The van der Waals surface area contributed by atoms with Gasteiger partial charge in [-0.05, 0) is 36.5 Å². The summed E-state index contributed by atoms with van der Waals surface area (Å²) in [5.41, 5.74) is 1.06. The average molecular weight is 333 g/mol. The maximum absolute atomic E-state index is 9.68. The zero-order chi connectivity index (χ0) is 16.4. The third-order valence-corrected chi connectivity index (χ3v) is 5.59. The lowest BCUT2D eigenvalue weighted by Crippen LogP contribution is -2.43. The first kappa shape index (κ1) is 16.3. The van der Waals surface area contributed by atoms with Crippen LogP contribution in [0, 0.1) is 5.92 Å². The number of phenols is 1.